The molecule has 1 heterocycles. The molecular formula is C15H24N4O2S. The Balaban J connectivity index is 1.66. The summed E-state index contributed by atoms with van der Waals surface area (Å²) in [5.74, 6) is -0.223. The van der Waals surface area contributed by atoms with Gasteiger partial charge in [0.25, 0.3) is 5.91 Å². The van der Waals surface area contributed by atoms with Gasteiger partial charge in [-0.1, -0.05) is 19.3 Å². The van der Waals surface area contributed by atoms with Crippen molar-refractivity contribution < 1.29 is 9.59 Å². The first-order valence-electron chi connectivity index (χ1n) is 7.91. The first-order chi connectivity index (χ1) is 10.7. The maximum Gasteiger partial charge on any atom is 0.270 e. The van der Waals surface area contributed by atoms with Gasteiger partial charge in [-0.2, -0.15) is 0 Å². The third-order valence-corrected chi connectivity index (χ3v) is 4.66. The highest BCUT2D eigenvalue weighted by atomic mass is 32.1. The molecule has 1 aliphatic rings. The van der Waals surface area contributed by atoms with Crippen LogP contribution in [-0.2, 0) is 11.2 Å². The average molecular weight is 324 g/mol. The molecule has 0 bridgehead atoms. The fourth-order valence-corrected chi connectivity index (χ4v) is 3.37. The lowest BCUT2D eigenvalue weighted by Gasteiger charge is -2.22. The van der Waals surface area contributed by atoms with Crippen LogP contribution in [0, 0.1) is 0 Å². The lowest BCUT2D eigenvalue weighted by atomic mass is 9.95. The summed E-state index contributed by atoms with van der Waals surface area (Å²) in [6, 6.07) is 0.314. The lowest BCUT2D eigenvalue weighted by molar-refractivity contribution is -0.121. The molecule has 0 spiro atoms. The maximum absolute atomic E-state index is 11.9. The largest absolute Gasteiger partial charge is 0.353 e. The van der Waals surface area contributed by atoms with Crippen molar-refractivity contribution in [3.8, 4) is 0 Å². The van der Waals surface area contributed by atoms with E-state index in [-0.39, 0.29) is 11.8 Å². The van der Waals surface area contributed by atoms with Gasteiger partial charge < -0.3 is 16.4 Å². The van der Waals surface area contributed by atoms with Crippen LogP contribution < -0.4 is 16.4 Å². The van der Waals surface area contributed by atoms with Gasteiger partial charge in [-0.15, -0.1) is 11.3 Å². The molecule has 0 aromatic carbocycles. The van der Waals surface area contributed by atoms with Crippen LogP contribution in [0.15, 0.2) is 5.38 Å². The zero-order valence-corrected chi connectivity index (χ0v) is 13.6. The third-order valence-electron chi connectivity index (χ3n) is 3.75. The van der Waals surface area contributed by atoms with Crippen molar-refractivity contribution in [1.29, 1.82) is 0 Å². The molecule has 0 aliphatic heterocycles. The Hall–Kier alpha value is -1.47. The van der Waals surface area contributed by atoms with Crippen molar-refractivity contribution in [3.63, 3.8) is 0 Å². The molecule has 22 heavy (non-hydrogen) atoms. The Morgan fingerprint density at radius 3 is 2.82 bits per heavy atom. The number of nitrogens with one attached hydrogen (secondary N) is 2. The average Bonchev–Trinajstić information content (AvgIpc) is 2.97. The van der Waals surface area contributed by atoms with Gasteiger partial charge in [0.15, 0.2) is 0 Å². The molecule has 1 aliphatic carbocycles. The van der Waals surface area contributed by atoms with Gasteiger partial charge in [0.1, 0.15) is 5.69 Å². The fraction of sp³-hybridized carbons (Fsp3) is 0.667. The smallest absolute Gasteiger partial charge is 0.270 e. The molecule has 1 fully saturated rings. The van der Waals surface area contributed by atoms with E-state index in [2.05, 4.69) is 15.6 Å². The summed E-state index contributed by atoms with van der Waals surface area (Å²) < 4.78 is 0. The molecule has 1 aromatic heterocycles. The number of nitrogens with two attached hydrogens (primary N) is 1. The number of carbonyl (C=O) groups excluding carboxylic acids is 2. The van der Waals surface area contributed by atoms with Crippen molar-refractivity contribution in [2.24, 2.45) is 5.73 Å². The predicted molar refractivity (Wildman–Crippen MR) is 86.8 cm³/mol. The van der Waals surface area contributed by atoms with E-state index in [9.17, 15) is 9.59 Å². The highest BCUT2D eigenvalue weighted by molar-refractivity contribution is 7.09. The van der Waals surface area contributed by atoms with Crippen LogP contribution in [0.5, 0.6) is 0 Å². The van der Waals surface area contributed by atoms with E-state index in [1.807, 2.05) is 0 Å². The number of rotatable bonds is 7. The predicted octanol–water partition coefficient (Wildman–Crippen LogP) is 1.21. The Kier molecular flexibility index (Phi) is 6.79. The molecule has 1 aromatic rings. The number of nitrogens with zero attached hydrogens (tertiary/aromatic N) is 1. The molecule has 6 nitrogen and oxygen atoms in total. The number of amides is 2. The van der Waals surface area contributed by atoms with Crippen molar-refractivity contribution in [2.45, 2.75) is 51.0 Å². The Morgan fingerprint density at radius 1 is 1.32 bits per heavy atom. The maximum atomic E-state index is 11.9. The molecule has 2 amide bonds. The van der Waals surface area contributed by atoms with E-state index in [1.165, 1.54) is 30.6 Å². The van der Waals surface area contributed by atoms with Crippen molar-refractivity contribution in [3.05, 3.63) is 16.1 Å². The molecule has 2 rings (SSSR count). The fourth-order valence-electron chi connectivity index (χ4n) is 2.58. The zero-order valence-electron chi connectivity index (χ0n) is 12.8. The monoisotopic (exact) mass is 324 g/mol. The molecule has 0 radical (unpaired) electrons. The van der Waals surface area contributed by atoms with Crippen LogP contribution in [0.4, 0.5) is 0 Å². The van der Waals surface area contributed by atoms with E-state index < -0.39 is 0 Å². The van der Waals surface area contributed by atoms with Gasteiger partial charge in [-0.25, -0.2) is 4.98 Å². The van der Waals surface area contributed by atoms with E-state index in [0.29, 0.717) is 37.7 Å². The molecule has 122 valence electrons. The van der Waals surface area contributed by atoms with Crippen LogP contribution >= 0.6 is 11.3 Å². The first kappa shape index (κ1) is 16.9. The van der Waals surface area contributed by atoms with E-state index in [1.54, 1.807) is 5.38 Å². The topological polar surface area (TPSA) is 97.1 Å². The van der Waals surface area contributed by atoms with Crippen LogP contribution in [0.2, 0.25) is 0 Å². The second kappa shape index (κ2) is 8.85. The summed E-state index contributed by atoms with van der Waals surface area (Å²) in [5, 5.41) is 8.36. The van der Waals surface area contributed by atoms with Gasteiger partial charge in [0.05, 0.1) is 5.01 Å². The molecule has 7 heteroatoms. The van der Waals surface area contributed by atoms with Crippen LogP contribution in [0.1, 0.15) is 54.0 Å². The number of hydrogen-bond acceptors (Lipinski definition) is 5. The molecule has 0 unspecified atom stereocenters. The first-order valence-corrected chi connectivity index (χ1v) is 8.79. The highest BCUT2D eigenvalue weighted by Gasteiger charge is 2.16. The SMILES string of the molecule is NCCc1nc(C(=O)NCCC(=O)NC2CCCCC2)cs1. The van der Waals surface area contributed by atoms with E-state index >= 15 is 0 Å². The second-order valence-electron chi connectivity index (χ2n) is 5.57. The number of aromatic nitrogens is 1. The molecule has 4 N–H and O–H groups in total. The Morgan fingerprint density at radius 2 is 2.09 bits per heavy atom. The van der Waals surface area contributed by atoms with E-state index in [4.69, 9.17) is 5.73 Å². The zero-order chi connectivity index (χ0) is 15.8. The Labute approximate surface area is 134 Å². The van der Waals surface area contributed by atoms with Crippen LogP contribution in [-0.4, -0.2) is 35.9 Å². The van der Waals surface area contributed by atoms with Crippen molar-refractivity contribution in [2.75, 3.05) is 13.1 Å². The van der Waals surface area contributed by atoms with Crippen molar-refractivity contribution in [1.82, 2.24) is 15.6 Å². The third kappa shape index (κ3) is 5.38. The van der Waals surface area contributed by atoms with Gasteiger partial charge >= 0.3 is 0 Å². The number of thiazole rings is 1. The van der Waals surface area contributed by atoms with Crippen LogP contribution in [0.25, 0.3) is 0 Å². The summed E-state index contributed by atoms with van der Waals surface area (Å²) in [4.78, 5) is 27.9. The molecule has 0 atom stereocenters. The lowest BCUT2D eigenvalue weighted by Crippen LogP contribution is -2.38. The van der Waals surface area contributed by atoms with Gasteiger partial charge in [0.2, 0.25) is 5.91 Å². The summed E-state index contributed by atoms with van der Waals surface area (Å²) in [6.07, 6.45) is 6.78. The summed E-state index contributed by atoms with van der Waals surface area (Å²) in [7, 11) is 0. The quantitative estimate of drug-likeness (QED) is 0.702. The van der Waals surface area contributed by atoms with Gasteiger partial charge in [-0.05, 0) is 19.4 Å². The summed E-state index contributed by atoms with van der Waals surface area (Å²) in [5.41, 5.74) is 5.86. The van der Waals surface area contributed by atoms with Crippen LogP contribution in [0.3, 0.4) is 0 Å². The molecular weight excluding hydrogens is 300 g/mol. The highest BCUT2D eigenvalue weighted by Crippen LogP contribution is 2.17. The summed E-state index contributed by atoms with van der Waals surface area (Å²) in [6.45, 7) is 0.858. The minimum Gasteiger partial charge on any atom is -0.353 e. The number of hydrogen-bond donors (Lipinski definition) is 3. The second-order valence-corrected chi connectivity index (χ2v) is 6.52. The standard InChI is InChI=1S/C15H24N4O2S/c16-8-6-14-19-12(10-22-14)15(21)17-9-7-13(20)18-11-4-2-1-3-5-11/h10-11H,1-9,16H2,(H,17,21)(H,18,20). The minimum absolute atomic E-state index is 0.00861. The molecule has 1 saturated carbocycles. The minimum atomic E-state index is -0.231. The van der Waals surface area contributed by atoms with Gasteiger partial charge in [0, 0.05) is 30.8 Å². The summed E-state index contributed by atoms with van der Waals surface area (Å²) >= 11 is 1.43. The van der Waals surface area contributed by atoms with Gasteiger partial charge in [-0.3, -0.25) is 9.59 Å². The number of carbonyl (C=O) groups is 2. The Bertz CT molecular complexity index is 497. The molecule has 0 saturated heterocycles. The van der Waals surface area contributed by atoms with Crippen molar-refractivity contribution >= 4 is 23.2 Å². The normalized spacial score (nSPS) is 15.5. The van der Waals surface area contributed by atoms with E-state index in [0.717, 1.165) is 17.8 Å².